The van der Waals surface area contributed by atoms with Gasteiger partial charge in [-0.3, -0.25) is 4.72 Å². The Kier molecular flexibility index (Phi) is 5.07. The van der Waals surface area contributed by atoms with Crippen LogP contribution in [0.15, 0.2) is 52.1 Å². The van der Waals surface area contributed by atoms with E-state index in [1.54, 1.807) is 42.8 Å². The summed E-state index contributed by atoms with van der Waals surface area (Å²) in [6.07, 6.45) is 0. The van der Waals surface area contributed by atoms with Gasteiger partial charge in [0.2, 0.25) is 0 Å². The van der Waals surface area contributed by atoms with E-state index in [2.05, 4.69) is 20.2 Å². The molecule has 25 heavy (non-hydrogen) atoms. The Balaban J connectivity index is 1.76. The van der Waals surface area contributed by atoms with E-state index in [1.807, 2.05) is 0 Å². The zero-order valence-electron chi connectivity index (χ0n) is 12.9. The SMILES string of the molecule is COc1ccc(Cl)cc1Nc1ccc(NS(=O)(=O)c2cccs2)nn1. The summed E-state index contributed by atoms with van der Waals surface area (Å²) in [5.41, 5.74) is 0.621. The fourth-order valence-corrected chi connectivity index (χ4v) is 4.13. The lowest BCUT2D eigenvalue weighted by Gasteiger charge is -2.11. The normalized spacial score (nSPS) is 11.1. The van der Waals surface area contributed by atoms with E-state index < -0.39 is 10.0 Å². The summed E-state index contributed by atoms with van der Waals surface area (Å²) in [5.74, 6) is 1.13. The maximum Gasteiger partial charge on any atom is 0.272 e. The van der Waals surface area contributed by atoms with Crippen molar-refractivity contribution in [2.75, 3.05) is 17.1 Å². The van der Waals surface area contributed by atoms with E-state index >= 15 is 0 Å². The molecule has 0 spiro atoms. The Morgan fingerprint density at radius 2 is 1.88 bits per heavy atom. The summed E-state index contributed by atoms with van der Waals surface area (Å²) < 4.78 is 32.1. The molecule has 0 aliphatic heterocycles. The highest BCUT2D eigenvalue weighted by Crippen LogP contribution is 2.30. The monoisotopic (exact) mass is 396 g/mol. The number of halogens is 1. The summed E-state index contributed by atoms with van der Waals surface area (Å²) in [6, 6.07) is 11.4. The van der Waals surface area contributed by atoms with Crippen molar-refractivity contribution in [1.82, 2.24) is 10.2 Å². The second-order valence-corrected chi connectivity index (χ2v) is 8.10. The summed E-state index contributed by atoms with van der Waals surface area (Å²) in [6.45, 7) is 0. The number of methoxy groups -OCH3 is 1. The minimum atomic E-state index is -3.65. The van der Waals surface area contributed by atoms with Crippen LogP contribution in [-0.4, -0.2) is 25.7 Å². The number of hydrogen-bond donors (Lipinski definition) is 2. The Labute approximate surface area is 153 Å². The first-order valence-electron chi connectivity index (χ1n) is 6.98. The number of aromatic nitrogens is 2. The van der Waals surface area contributed by atoms with Crippen molar-refractivity contribution >= 4 is 50.3 Å². The average molecular weight is 397 g/mol. The molecule has 0 unspecified atom stereocenters. The summed E-state index contributed by atoms with van der Waals surface area (Å²) in [5, 5.41) is 13.1. The molecule has 0 saturated heterocycles. The standard InChI is InChI=1S/C15H13ClN4O3S2/c1-23-12-5-4-10(16)9-11(12)17-13-6-7-14(19-18-13)20-25(21,22)15-3-2-8-24-15/h2-9H,1H3,(H,17,18)(H,19,20). The van der Waals surface area contributed by atoms with Gasteiger partial charge in [0.1, 0.15) is 9.96 Å². The second-order valence-electron chi connectivity index (χ2n) is 4.81. The molecule has 2 aromatic heterocycles. The molecule has 2 heterocycles. The third-order valence-corrected chi connectivity index (χ3v) is 6.07. The van der Waals surface area contributed by atoms with Crippen molar-refractivity contribution in [3.8, 4) is 5.75 Å². The minimum Gasteiger partial charge on any atom is -0.495 e. The van der Waals surface area contributed by atoms with Gasteiger partial charge >= 0.3 is 0 Å². The Hall–Kier alpha value is -2.36. The lowest BCUT2D eigenvalue weighted by atomic mass is 10.3. The molecule has 10 heteroatoms. The molecule has 2 N–H and O–H groups in total. The van der Waals surface area contributed by atoms with Crippen LogP contribution in [0.1, 0.15) is 0 Å². The van der Waals surface area contributed by atoms with Crippen LogP contribution in [0.25, 0.3) is 0 Å². The van der Waals surface area contributed by atoms with Crippen LogP contribution in [0.5, 0.6) is 5.75 Å². The van der Waals surface area contributed by atoms with Gasteiger partial charge in [0, 0.05) is 5.02 Å². The molecule has 0 saturated carbocycles. The van der Waals surface area contributed by atoms with E-state index in [1.165, 1.54) is 12.1 Å². The highest BCUT2D eigenvalue weighted by molar-refractivity contribution is 7.94. The maximum absolute atomic E-state index is 12.1. The van der Waals surface area contributed by atoms with Gasteiger partial charge < -0.3 is 10.1 Å². The molecule has 7 nitrogen and oxygen atoms in total. The van der Waals surface area contributed by atoms with Gasteiger partial charge in [0.05, 0.1) is 12.8 Å². The van der Waals surface area contributed by atoms with Crippen LogP contribution >= 0.6 is 22.9 Å². The number of rotatable bonds is 6. The second kappa shape index (κ2) is 7.26. The van der Waals surface area contributed by atoms with Crippen LogP contribution in [0.3, 0.4) is 0 Å². The zero-order valence-corrected chi connectivity index (χ0v) is 15.3. The van der Waals surface area contributed by atoms with E-state index in [9.17, 15) is 8.42 Å². The number of thiophene rings is 1. The molecule has 0 bridgehead atoms. The average Bonchev–Trinajstić information content (AvgIpc) is 3.12. The van der Waals surface area contributed by atoms with Gasteiger partial charge in [-0.25, -0.2) is 8.42 Å². The van der Waals surface area contributed by atoms with Gasteiger partial charge in [-0.1, -0.05) is 17.7 Å². The van der Waals surface area contributed by atoms with Crippen molar-refractivity contribution in [3.63, 3.8) is 0 Å². The molecule has 0 aliphatic carbocycles. The number of nitrogens with zero attached hydrogens (tertiary/aromatic N) is 2. The molecular formula is C15H13ClN4O3S2. The molecule has 0 atom stereocenters. The van der Waals surface area contributed by atoms with Crippen molar-refractivity contribution in [2.45, 2.75) is 4.21 Å². The summed E-state index contributed by atoms with van der Waals surface area (Å²) in [7, 11) is -2.11. The van der Waals surface area contributed by atoms with Gasteiger partial charge in [-0.15, -0.1) is 21.5 Å². The zero-order chi connectivity index (χ0) is 17.9. The Morgan fingerprint density at radius 3 is 2.52 bits per heavy atom. The molecule has 3 rings (SSSR count). The molecule has 0 radical (unpaired) electrons. The van der Waals surface area contributed by atoms with E-state index in [-0.39, 0.29) is 10.0 Å². The van der Waals surface area contributed by atoms with Crippen LogP contribution in [0, 0.1) is 0 Å². The van der Waals surface area contributed by atoms with Crippen molar-refractivity contribution < 1.29 is 13.2 Å². The number of nitrogens with one attached hydrogen (secondary N) is 2. The third kappa shape index (κ3) is 4.19. The van der Waals surface area contributed by atoms with Crippen LogP contribution in [0.4, 0.5) is 17.3 Å². The summed E-state index contributed by atoms with van der Waals surface area (Å²) in [4.78, 5) is 0. The molecule has 0 aliphatic rings. The third-order valence-electron chi connectivity index (χ3n) is 3.09. The van der Waals surface area contributed by atoms with Gasteiger partial charge in [-0.2, -0.15) is 0 Å². The molecule has 130 valence electrons. The lowest BCUT2D eigenvalue weighted by molar-refractivity contribution is 0.417. The molecule has 0 amide bonds. The highest BCUT2D eigenvalue weighted by atomic mass is 35.5. The number of hydrogen-bond acceptors (Lipinski definition) is 7. The van der Waals surface area contributed by atoms with E-state index in [0.29, 0.717) is 22.3 Å². The number of sulfonamides is 1. The first-order valence-corrected chi connectivity index (χ1v) is 9.72. The molecule has 1 aromatic carbocycles. The fourth-order valence-electron chi connectivity index (χ4n) is 1.97. The minimum absolute atomic E-state index is 0.122. The largest absolute Gasteiger partial charge is 0.495 e. The topological polar surface area (TPSA) is 93.2 Å². The maximum atomic E-state index is 12.1. The predicted molar refractivity (Wildman–Crippen MR) is 98.4 cm³/mol. The lowest BCUT2D eigenvalue weighted by Crippen LogP contribution is -2.13. The number of ether oxygens (including phenoxy) is 1. The van der Waals surface area contributed by atoms with Gasteiger partial charge in [0.25, 0.3) is 10.0 Å². The first kappa shape index (κ1) is 17.5. The number of benzene rings is 1. The fraction of sp³-hybridized carbons (Fsp3) is 0.0667. The highest BCUT2D eigenvalue weighted by Gasteiger charge is 2.16. The number of anilines is 3. The smallest absolute Gasteiger partial charge is 0.272 e. The van der Waals surface area contributed by atoms with E-state index in [4.69, 9.17) is 16.3 Å². The van der Waals surface area contributed by atoms with Crippen molar-refractivity contribution in [1.29, 1.82) is 0 Å². The molecule has 3 aromatic rings. The van der Waals surface area contributed by atoms with Crippen LogP contribution in [0.2, 0.25) is 5.02 Å². The van der Waals surface area contributed by atoms with Crippen LogP contribution < -0.4 is 14.8 Å². The van der Waals surface area contributed by atoms with Crippen molar-refractivity contribution in [2.24, 2.45) is 0 Å². The summed E-state index contributed by atoms with van der Waals surface area (Å²) >= 11 is 7.10. The Morgan fingerprint density at radius 1 is 1.12 bits per heavy atom. The molecular weight excluding hydrogens is 384 g/mol. The van der Waals surface area contributed by atoms with Gasteiger partial charge in [-0.05, 0) is 41.8 Å². The predicted octanol–water partition coefficient (Wildman–Crippen LogP) is 3.74. The first-order chi connectivity index (χ1) is 12.0. The Bertz CT molecular complexity index is 961. The van der Waals surface area contributed by atoms with Crippen LogP contribution in [-0.2, 0) is 10.0 Å². The van der Waals surface area contributed by atoms with E-state index in [0.717, 1.165) is 11.3 Å². The van der Waals surface area contributed by atoms with Crippen molar-refractivity contribution in [3.05, 3.63) is 52.9 Å². The van der Waals surface area contributed by atoms with Gasteiger partial charge in [0.15, 0.2) is 11.6 Å². The quantitative estimate of drug-likeness (QED) is 0.659. The molecule has 0 fully saturated rings.